The van der Waals surface area contributed by atoms with E-state index in [1.165, 1.54) is 5.56 Å². The van der Waals surface area contributed by atoms with Crippen LogP contribution in [0, 0.1) is 34.6 Å². The van der Waals surface area contributed by atoms with Crippen LogP contribution in [0.1, 0.15) is 40.9 Å². The summed E-state index contributed by atoms with van der Waals surface area (Å²) in [5.74, 6) is 1.47. The zero-order valence-electron chi connectivity index (χ0n) is 16.5. The average Bonchev–Trinajstić information content (AvgIpc) is 2.98. The molecule has 1 aromatic carbocycles. The number of hydrogen-bond donors (Lipinski definition) is 1. The number of rotatable bonds is 6. The van der Waals surface area contributed by atoms with Crippen molar-refractivity contribution in [1.29, 1.82) is 0 Å². The van der Waals surface area contributed by atoms with Gasteiger partial charge in [-0.1, -0.05) is 29.5 Å². The van der Waals surface area contributed by atoms with Gasteiger partial charge in [0.15, 0.2) is 5.16 Å². The third-order valence-electron chi connectivity index (χ3n) is 4.38. The Morgan fingerprint density at radius 3 is 2.48 bits per heavy atom. The Hall–Kier alpha value is -2.41. The van der Waals surface area contributed by atoms with Crippen LogP contribution in [0.25, 0.3) is 5.78 Å². The van der Waals surface area contributed by atoms with E-state index < -0.39 is 0 Å². The van der Waals surface area contributed by atoms with Gasteiger partial charge in [0.25, 0.3) is 5.78 Å². The molecule has 0 radical (unpaired) electrons. The highest BCUT2D eigenvalue weighted by Gasteiger charge is 2.11. The molecule has 0 fully saturated rings. The van der Waals surface area contributed by atoms with Crippen molar-refractivity contribution >= 4 is 29.1 Å². The number of carbonyl (C=O) groups is 1. The molecule has 0 bridgehead atoms. The van der Waals surface area contributed by atoms with Crippen LogP contribution < -0.4 is 5.32 Å². The highest BCUT2D eigenvalue weighted by atomic mass is 32.2. The molecule has 0 aliphatic heterocycles. The second-order valence-electron chi connectivity index (χ2n) is 6.93. The van der Waals surface area contributed by atoms with Crippen molar-refractivity contribution in [1.82, 2.24) is 19.6 Å². The van der Waals surface area contributed by atoms with Crippen LogP contribution in [-0.4, -0.2) is 31.2 Å². The van der Waals surface area contributed by atoms with Crippen LogP contribution >= 0.6 is 11.8 Å². The van der Waals surface area contributed by atoms with Crippen LogP contribution in [0.3, 0.4) is 0 Å². The van der Waals surface area contributed by atoms with Gasteiger partial charge in [0, 0.05) is 29.2 Å². The lowest BCUT2D eigenvalue weighted by Crippen LogP contribution is -2.13. The second kappa shape index (κ2) is 8.08. The minimum Gasteiger partial charge on any atom is -0.326 e. The number of amides is 1. The van der Waals surface area contributed by atoms with Gasteiger partial charge >= 0.3 is 0 Å². The van der Waals surface area contributed by atoms with E-state index in [1.54, 1.807) is 11.8 Å². The largest absolute Gasteiger partial charge is 0.326 e. The van der Waals surface area contributed by atoms with Crippen molar-refractivity contribution in [2.45, 2.75) is 52.6 Å². The van der Waals surface area contributed by atoms with Crippen molar-refractivity contribution in [3.05, 3.63) is 46.3 Å². The number of anilines is 1. The number of thioether (sulfide) groups is 1. The number of hydrogen-bond acceptors (Lipinski definition) is 5. The Labute approximate surface area is 163 Å². The predicted molar refractivity (Wildman–Crippen MR) is 109 cm³/mol. The number of fused-ring (bicyclic) bond motifs is 1. The first-order valence-electron chi connectivity index (χ1n) is 9.05. The summed E-state index contributed by atoms with van der Waals surface area (Å²) in [7, 11) is 0. The van der Waals surface area contributed by atoms with Crippen LogP contribution in [0.5, 0.6) is 0 Å². The van der Waals surface area contributed by atoms with Gasteiger partial charge in [0.05, 0.1) is 0 Å². The van der Waals surface area contributed by atoms with Gasteiger partial charge in [-0.25, -0.2) is 4.98 Å². The molecule has 1 N–H and O–H groups in total. The lowest BCUT2D eigenvalue weighted by atomic mass is 10.0. The van der Waals surface area contributed by atoms with E-state index in [1.807, 2.05) is 38.2 Å². The molecular formula is C20H25N5OS. The number of nitrogens with zero attached hydrogens (tertiary/aromatic N) is 4. The molecule has 0 saturated carbocycles. The molecule has 0 unspecified atom stereocenters. The lowest BCUT2D eigenvalue weighted by Gasteiger charge is -2.12. The van der Waals surface area contributed by atoms with Crippen molar-refractivity contribution in [3.63, 3.8) is 0 Å². The molecule has 3 rings (SSSR count). The molecule has 1 amide bonds. The summed E-state index contributed by atoms with van der Waals surface area (Å²) in [5.41, 5.74) is 6.33. The summed E-state index contributed by atoms with van der Waals surface area (Å²) in [6, 6.07) is 6.19. The van der Waals surface area contributed by atoms with E-state index in [-0.39, 0.29) is 5.91 Å². The smallest absolute Gasteiger partial charge is 0.256 e. The van der Waals surface area contributed by atoms with Gasteiger partial charge in [-0.2, -0.15) is 0 Å². The second-order valence-corrected chi connectivity index (χ2v) is 7.99. The Morgan fingerprint density at radius 1 is 1.07 bits per heavy atom. The minimum absolute atomic E-state index is 0.0465. The molecule has 0 saturated heterocycles. The van der Waals surface area contributed by atoms with Crippen molar-refractivity contribution < 1.29 is 4.79 Å². The maximum Gasteiger partial charge on any atom is 0.256 e. The number of aryl methyl sites for hydroxylation is 5. The Morgan fingerprint density at radius 2 is 1.78 bits per heavy atom. The van der Waals surface area contributed by atoms with Crippen LogP contribution in [0.2, 0.25) is 0 Å². The quantitative estimate of drug-likeness (QED) is 0.511. The van der Waals surface area contributed by atoms with Crippen LogP contribution in [0.15, 0.2) is 23.4 Å². The number of carbonyl (C=O) groups excluding carboxylic acids is 1. The fraction of sp³-hybridized carbons (Fsp3) is 0.400. The zero-order chi connectivity index (χ0) is 19.6. The topological polar surface area (TPSA) is 72.2 Å². The summed E-state index contributed by atoms with van der Waals surface area (Å²) < 4.78 is 1.96. The summed E-state index contributed by atoms with van der Waals surface area (Å²) in [5, 5.41) is 12.2. The lowest BCUT2D eigenvalue weighted by molar-refractivity contribution is -0.116. The first-order chi connectivity index (χ1) is 12.8. The monoisotopic (exact) mass is 383 g/mol. The minimum atomic E-state index is 0.0465. The highest BCUT2D eigenvalue weighted by molar-refractivity contribution is 7.99. The Kier molecular flexibility index (Phi) is 5.79. The molecule has 0 atom stereocenters. The van der Waals surface area contributed by atoms with Crippen molar-refractivity contribution in [3.8, 4) is 0 Å². The average molecular weight is 384 g/mol. The van der Waals surface area contributed by atoms with Gasteiger partial charge in [-0.05, 0) is 58.2 Å². The van der Waals surface area contributed by atoms with Crippen LogP contribution in [0.4, 0.5) is 5.69 Å². The third-order valence-corrected chi connectivity index (χ3v) is 5.40. The summed E-state index contributed by atoms with van der Waals surface area (Å²) in [4.78, 5) is 16.7. The van der Waals surface area contributed by atoms with Gasteiger partial charge in [0.1, 0.15) is 0 Å². The Balaban J connectivity index is 1.54. The normalized spacial score (nSPS) is 11.1. The van der Waals surface area contributed by atoms with E-state index in [4.69, 9.17) is 0 Å². The van der Waals surface area contributed by atoms with E-state index >= 15 is 0 Å². The van der Waals surface area contributed by atoms with E-state index in [0.717, 1.165) is 45.5 Å². The van der Waals surface area contributed by atoms with Gasteiger partial charge in [-0.3, -0.25) is 9.20 Å². The molecule has 0 spiro atoms. The van der Waals surface area contributed by atoms with Crippen LogP contribution in [-0.2, 0) is 4.79 Å². The standard InChI is InChI=1S/C20H25N5OS/c1-12-9-13(2)18(14(3)10-12)22-17(26)7-6-8-27-20-24-23-19-21-15(4)11-16(5)25(19)20/h9-11H,6-8H2,1-5H3,(H,22,26). The molecule has 3 aromatic rings. The summed E-state index contributed by atoms with van der Waals surface area (Å²) >= 11 is 1.60. The van der Waals surface area contributed by atoms with E-state index in [2.05, 4.69) is 39.6 Å². The molecule has 2 aromatic heterocycles. The molecular weight excluding hydrogens is 358 g/mol. The van der Waals surface area contributed by atoms with Gasteiger partial charge < -0.3 is 5.32 Å². The molecule has 2 heterocycles. The first kappa shape index (κ1) is 19.4. The maximum atomic E-state index is 12.3. The zero-order valence-corrected chi connectivity index (χ0v) is 17.3. The Bertz CT molecular complexity index is 972. The molecule has 0 aliphatic carbocycles. The van der Waals surface area contributed by atoms with Gasteiger partial charge in [0.2, 0.25) is 5.91 Å². The molecule has 27 heavy (non-hydrogen) atoms. The third kappa shape index (κ3) is 4.47. The molecule has 7 heteroatoms. The van der Waals surface area contributed by atoms with Crippen molar-refractivity contribution in [2.75, 3.05) is 11.1 Å². The molecule has 142 valence electrons. The molecule has 6 nitrogen and oxygen atoms in total. The fourth-order valence-electron chi connectivity index (χ4n) is 3.27. The van der Waals surface area contributed by atoms with Gasteiger partial charge in [-0.15, -0.1) is 10.2 Å². The van der Waals surface area contributed by atoms with E-state index in [9.17, 15) is 4.79 Å². The van der Waals surface area contributed by atoms with Crippen molar-refractivity contribution in [2.24, 2.45) is 0 Å². The summed E-state index contributed by atoms with van der Waals surface area (Å²) in [6.07, 6.45) is 1.25. The van der Waals surface area contributed by atoms with E-state index in [0.29, 0.717) is 12.2 Å². The first-order valence-corrected chi connectivity index (χ1v) is 10.0. The predicted octanol–water partition coefficient (Wildman–Crippen LogP) is 4.18. The molecule has 0 aliphatic rings. The fourth-order valence-corrected chi connectivity index (χ4v) is 4.19. The maximum absolute atomic E-state index is 12.3. The number of aromatic nitrogens is 4. The number of benzene rings is 1. The SMILES string of the molecule is Cc1cc(C)c(NC(=O)CCCSc2nnc3nc(C)cc(C)n23)c(C)c1. The number of nitrogens with one attached hydrogen (secondary N) is 1. The summed E-state index contributed by atoms with van der Waals surface area (Å²) in [6.45, 7) is 10.1. The highest BCUT2D eigenvalue weighted by Crippen LogP contribution is 2.23.